The van der Waals surface area contributed by atoms with Crippen LogP contribution in [-0.4, -0.2) is 21.0 Å². The molecule has 14 fully saturated rings. The highest BCUT2D eigenvalue weighted by Crippen LogP contribution is 2.74. The summed E-state index contributed by atoms with van der Waals surface area (Å²) in [5.41, 5.74) is -0.354. The summed E-state index contributed by atoms with van der Waals surface area (Å²) in [5.74, 6) is 14.8. The lowest BCUT2D eigenvalue weighted by atomic mass is 9.34. The van der Waals surface area contributed by atoms with Crippen LogP contribution in [0, 0.1) is 109 Å². The molecule has 14 aliphatic carbocycles. The lowest BCUT2D eigenvalue weighted by Gasteiger charge is -2.73. The van der Waals surface area contributed by atoms with Crippen molar-refractivity contribution in [1.82, 2.24) is 0 Å². The summed E-state index contributed by atoms with van der Waals surface area (Å²) < 4.78 is 0. The molecule has 4 atom stereocenters. The molecule has 1 N–H and O–H groups in total. The third-order valence-electron chi connectivity index (χ3n) is 14.2. The lowest BCUT2D eigenvalue weighted by molar-refractivity contribution is -0.793. The molecule has 0 saturated heterocycles. The highest BCUT2D eigenvalue weighted by molar-refractivity contribution is 5.19. The van der Waals surface area contributed by atoms with E-state index in [2.05, 4.69) is 0 Å². The topological polar surface area (TPSA) is 116 Å². The van der Waals surface area contributed by atoms with Gasteiger partial charge in [-0.3, -0.25) is 0 Å². The van der Waals surface area contributed by atoms with Crippen molar-refractivity contribution in [2.75, 3.05) is 0 Å². The van der Waals surface area contributed by atoms with Gasteiger partial charge >= 0.3 is 0 Å². The maximum atomic E-state index is 11.0. The van der Waals surface area contributed by atoms with Gasteiger partial charge in [-0.1, -0.05) is 0 Å². The predicted molar refractivity (Wildman–Crippen MR) is 127 cm³/mol. The minimum absolute atomic E-state index is 0.354. The van der Waals surface area contributed by atoms with Crippen molar-refractivity contribution in [3.8, 4) is 0 Å². The van der Waals surface area contributed by atoms with Crippen LogP contribution in [0.1, 0.15) is 77.0 Å². The second kappa shape index (κ2) is 7.49. The monoisotopic (exact) mass is 500 g/mol. The molecule has 14 aliphatic rings. The van der Waals surface area contributed by atoms with Crippen LogP contribution in [-0.2, 0) is 4.84 Å². The van der Waals surface area contributed by atoms with Crippen LogP contribution in [0.25, 0.3) is 0 Å². The van der Waals surface area contributed by atoms with Gasteiger partial charge in [0.2, 0.25) is 0 Å². The number of hydrogen-bond acceptors (Lipinski definition) is 5. The van der Waals surface area contributed by atoms with Crippen molar-refractivity contribution in [1.29, 1.82) is 0 Å². The molecule has 4 unspecified atom stereocenters. The van der Waals surface area contributed by atoms with Crippen LogP contribution in [0.4, 0.5) is 0 Å². The van der Waals surface area contributed by atoms with E-state index in [9.17, 15) is 10.1 Å². The van der Waals surface area contributed by atoms with E-state index in [1.165, 1.54) is 79.4 Å². The molecule has 16 bridgehead atoms. The molecule has 0 aromatic heterocycles. The molecule has 0 spiro atoms. The molecular formula is C28H40N2O6. The molecule has 8 nitrogen and oxygen atoms in total. The van der Waals surface area contributed by atoms with Gasteiger partial charge in [0, 0.05) is 0 Å². The van der Waals surface area contributed by atoms with Crippen molar-refractivity contribution < 1.29 is 20.2 Å². The molecule has 0 aromatic rings. The van der Waals surface area contributed by atoms with E-state index in [-0.39, 0.29) is 5.60 Å². The average molecular weight is 501 g/mol. The maximum Gasteiger partial charge on any atom is 0.295 e. The highest BCUT2D eigenvalue weighted by Gasteiger charge is 2.72. The summed E-state index contributed by atoms with van der Waals surface area (Å²) in [6.07, 6.45) is 17.4. The Balaban J connectivity index is 0.000000102. The number of rotatable bonds is 2. The SMILES string of the molecule is C1C2CC3C4CC5CC(C14)C(C2)C3C5.O=[N+]([O-])O.O=[N+]([O-])OC12CC3CC4C5CC(CC41)CC2C5C3. The summed E-state index contributed by atoms with van der Waals surface area (Å²) in [7, 11) is 0. The first-order valence-electron chi connectivity index (χ1n) is 15.0. The number of hydrogen-bond donors (Lipinski definition) is 1. The van der Waals surface area contributed by atoms with E-state index in [1.807, 2.05) is 0 Å². The van der Waals surface area contributed by atoms with Gasteiger partial charge in [0.15, 0.2) is 0 Å². The Bertz CT molecular complexity index is 856. The van der Waals surface area contributed by atoms with Crippen LogP contribution >= 0.6 is 0 Å². The normalized spacial score (nSPS) is 59.8. The van der Waals surface area contributed by atoms with Crippen molar-refractivity contribution in [3.63, 3.8) is 0 Å². The van der Waals surface area contributed by atoms with Gasteiger partial charge in [0.25, 0.3) is 10.2 Å². The largest absolute Gasteiger partial charge is 0.328 e. The number of nitrogens with zero attached hydrogens (tertiary/aromatic N) is 2. The van der Waals surface area contributed by atoms with E-state index >= 15 is 0 Å². The van der Waals surface area contributed by atoms with Crippen molar-refractivity contribution in [2.45, 2.75) is 82.7 Å². The second-order valence-corrected chi connectivity index (χ2v) is 15.0. The van der Waals surface area contributed by atoms with Crippen LogP contribution in [0.3, 0.4) is 0 Å². The minimum Gasteiger partial charge on any atom is -0.328 e. The van der Waals surface area contributed by atoms with E-state index in [4.69, 9.17) is 20.2 Å². The summed E-state index contributed by atoms with van der Waals surface area (Å²) in [6, 6.07) is 0. The fourth-order valence-corrected chi connectivity index (χ4v) is 14.1. The van der Waals surface area contributed by atoms with Crippen molar-refractivity contribution >= 4 is 0 Å². The first-order valence-corrected chi connectivity index (χ1v) is 15.0. The summed E-state index contributed by atoms with van der Waals surface area (Å²) in [4.78, 5) is 24.8. The Morgan fingerprint density at radius 3 is 1.22 bits per heavy atom. The van der Waals surface area contributed by atoms with Gasteiger partial charge in [-0.05, 0) is 166 Å². The second-order valence-electron chi connectivity index (χ2n) is 15.0. The van der Waals surface area contributed by atoms with Crippen molar-refractivity contribution in [3.05, 3.63) is 20.2 Å². The van der Waals surface area contributed by atoms with E-state index in [1.54, 1.807) is 38.5 Å². The molecule has 8 heteroatoms. The van der Waals surface area contributed by atoms with Crippen LogP contribution < -0.4 is 0 Å². The molecule has 0 heterocycles. The van der Waals surface area contributed by atoms with Crippen LogP contribution in [0.2, 0.25) is 0 Å². The molecule has 198 valence electrons. The summed E-state index contributed by atoms with van der Waals surface area (Å²) in [6.45, 7) is 0. The summed E-state index contributed by atoms with van der Waals surface area (Å²) in [5, 5.41) is 24.1. The van der Waals surface area contributed by atoms with E-state index in [0.717, 1.165) is 36.0 Å². The zero-order chi connectivity index (χ0) is 24.5. The Morgan fingerprint density at radius 2 is 0.861 bits per heavy atom. The quantitative estimate of drug-likeness (QED) is 0.388. The van der Waals surface area contributed by atoms with Gasteiger partial charge < -0.3 is 10.0 Å². The molecule has 0 radical (unpaired) electrons. The Kier molecular flexibility index (Phi) is 4.66. The van der Waals surface area contributed by atoms with Crippen molar-refractivity contribution in [2.24, 2.45) is 88.8 Å². The fourth-order valence-electron chi connectivity index (χ4n) is 14.1. The zero-order valence-electron chi connectivity index (χ0n) is 21.0. The molecule has 0 aliphatic heterocycles. The molecule has 0 amide bonds. The van der Waals surface area contributed by atoms with Crippen LogP contribution in [0.15, 0.2) is 0 Å². The standard InChI is InChI=1S/C14H19NO3.C14H20.HNO3/c16-15(17)18-14-6-8-2-10-9-1-7(4-12(10)14)5-13(14)11(9)3-8;1-7-2-12-10-4-8-5-11(9(1)10)13(3-7)14(12)6-8;2-1(3)4/h7-13H,1-6H2;7-14H,1-6H2;(H,2,3,4). The van der Waals surface area contributed by atoms with Gasteiger partial charge in [0.05, 0.1) is 0 Å². The average Bonchev–Trinajstić information content (AvgIpc) is 2.84. The first kappa shape index (κ1) is 22.4. The maximum absolute atomic E-state index is 11.0. The Labute approximate surface area is 212 Å². The Hall–Kier alpha value is -1.60. The molecular weight excluding hydrogens is 460 g/mol. The van der Waals surface area contributed by atoms with Gasteiger partial charge in [-0.2, -0.15) is 0 Å². The molecule has 0 aromatic carbocycles. The van der Waals surface area contributed by atoms with E-state index in [0.29, 0.717) is 11.8 Å². The van der Waals surface area contributed by atoms with Gasteiger partial charge in [0.1, 0.15) is 5.60 Å². The van der Waals surface area contributed by atoms with Crippen LogP contribution in [0.5, 0.6) is 0 Å². The predicted octanol–water partition coefficient (Wildman–Crippen LogP) is 5.63. The Morgan fingerprint density at radius 1 is 0.556 bits per heavy atom. The first-order chi connectivity index (χ1) is 17.3. The highest BCUT2D eigenvalue weighted by atomic mass is 17.0. The molecule has 36 heavy (non-hydrogen) atoms. The summed E-state index contributed by atoms with van der Waals surface area (Å²) >= 11 is 0. The third kappa shape index (κ3) is 2.93. The molecule has 14 saturated carbocycles. The zero-order valence-corrected chi connectivity index (χ0v) is 21.0. The molecule has 14 rings (SSSR count). The van der Waals surface area contributed by atoms with Gasteiger partial charge in [-0.15, -0.1) is 20.2 Å². The van der Waals surface area contributed by atoms with E-state index < -0.39 is 10.2 Å². The smallest absolute Gasteiger partial charge is 0.295 e. The fraction of sp³-hybridized carbons (Fsp3) is 1.00. The third-order valence-corrected chi connectivity index (χ3v) is 14.2. The lowest BCUT2D eigenvalue weighted by Crippen LogP contribution is -2.72. The minimum atomic E-state index is -1.50. The van der Waals surface area contributed by atoms with Gasteiger partial charge in [-0.25, -0.2) is 0 Å².